The van der Waals surface area contributed by atoms with Gasteiger partial charge in [-0.25, -0.2) is 8.78 Å². The molecular weight excluding hydrogens is 238 g/mol. The lowest BCUT2D eigenvalue weighted by Crippen LogP contribution is -2.15. The van der Waals surface area contributed by atoms with Crippen LogP contribution in [0.2, 0.25) is 0 Å². The fraction of sp³-hybridized carbons (Fsp3) is 0.231. The van der Waals surface area contributed by atoms with Gasteiger partial charge in [0.15, 0.2) is 11.6 Å². The first-order chi connectivity index (χ1) is 8.67. The second kappa shape index (κ2) is 5.18. The monoisotopic (exact) mass is 252 g/mol. The second-order valence-corrected chi connectivity index (χ2v) is 3.94. The van der Waals surface area contributed by atoms with Crippen molar-refractivity contribution in [1.82, 2.24) is 4.98 Å². The van der Waals surface area contributed by atoms with Crippen LogP contribution in [0.3, 0.4) is 0 Å². The largest absolute Gasteiger partial charge is 0.494 e. The lowest BCUT2D eigenvalue weighted by Gasteiger charge is -2.16. The molecule has 96 valence electrons. The normalized spacial score (nSPS) is 12.4. The topological polar surface area (TPSA) is 51.0 Å². The van der Waals surface area contributed by atoms with Crippen molar-refractivity contribution in [2.45, 2.75) is 5.92 Å². The minimum Gasteiger partial charge on any atom is -0.494 e. The van der Waals surface area contributed by atoms with Crippen molar-refractivity contribution in [2.75, 3.05) is 13.7 Å². The van der Waals surface area contributed by atoms with Crippen LogP contribution >= 0.6 is 0 Å². The molecule has 0 radical (unpaired) electrons. The summed E-state index contributed by atoms with van der Waals surface area (Å²) in [4.78, 5) is 2.87. The zero-order chi connectivity index (χ0) is 13.1. The van der Waals surface area contributed by atoms with Gasteiger partial charge in [-0.2, -0.15) is 0 Å². The SMILES string of the molecule is COc1cc(F)c(C(CN)c2cc[nH]c2)cc1F. The van der Waals surface area contributed by atoms with E-state index in [9.17, 15) is 8.78 Å². The predicted octanol–water partition coefficient (Wildman–Crippen LogP) is 2.39. The highest BCUT2D eigenvalue weighted by molar-refractivity contribution is 5.37. The van der Waals surface area contributed by atoms with Crippen molar-refractivity contribution in [3.8, 4) is 5.75 Å². The highest BCUT2D eigenvalue weighted by Gasteiger charge is 2.20. The van der Waals surface area contributed by atoms with Crippen molar-refractivity contribution in [3.05, 3.63) is 53.4 Å². The first kappa shape index (κ1) is 12.6. The lowest BCUT2D eigenvalue weighted by molar-refractivity contribution is 0.381. The molecule has 0 saturated heterocycles. The van der Waals surface area contributed by atoms with Gasteiger partial charge in [-0.15, -0.1) is 0 Å². The Labute approximate surface area is 104 Å². The van der Waals surface area contributed by atoms with E-state index in [-0.39, 0.29) is 23.8 Å². The van der Waals surface area contributed by atoms with Crippen LogP contribution in [-0.2, 0) is 0 Å². The summed E-state index contributed by atoms with van der Waals surface area (Å²) in [5.74, 6) is -1.61. The summed E-state index contributed by atoms with van der Waals surface area (Å²) in [7, 11) is 1.30. The molecule has 1 aromatic carbocycles. The zero-order valence-electron chi connectivity index (χ0n) is 9.91. The maximum atomic E-state index is 13.9. The van der Waals surface area contributed by atoms with Crippen molar-refractivity contribution in [2.24, 2.45) is 5.73 Å². The van der Waals surface area contributed by atoms with Crippen molar-refractivity contribution in [1.29, 1.82) is 0 Å². The van der Waals surface area contributed by atoms with Crippen LogP contribution in [0.4, 0.5) is 8.78 Å². The van der Waals surface area contributed by atoms with E-state index in [0.29, 0.717) is 0 Å². The molecule has 1 atom stereocenters. The average Bonchev–Trinajstić information content (AvgIpc) is 2.87. The Bertz CT molecular complexity index is 526. The number of hydrogen-bond donors (Lipinski definition) is 2. The molecule has 3 nitrogen and oxygen atoms in total. The Kier molecular flexibility index (Phi) is 3.62. The Hall–Kier alpha value is -1.88. The summed E-state index contributed by atoms with van der Waals surface area (Å²) in [6.07, 6.45) is 3.44. The van der Waals surface area contributed by atoms with Crippen LogP contribution in [-0.4, -0.2) is 18.6 Å². The third-order valence-corrected chi connectivity index (χ3v) is 2.91. The molecule has 0 aliphatic heterocycles. The first-order valence-electron chi connectivity index (χ1n) is 5.53. The summed E-state index contributed by atoms with van der Waals surface area (Å²) < 4.78 is 32.3. The number of hydrogen-bond acceptors (Lipinski definition) is 2. The van der Waals surface area contributed by atoms with E-state index in [4.69, 9.17) is 10.5 Å². The van der Waals surface area contributed by atoms with Crippen LogP contribution in [0, 0.1) is 11.6 Å². The minimum atomic E-state index is -0.595. The van der Waals surface area contributed by atoms with E-state index < -0.39 is 11.6 Å². The number of nitrogens with two attached hydrogens (primary N) is 1. The molecule has 0 aliphatic carbocycles. The number of rotatable bonds is 4. The van der Waals surface area contributed by atoms with Gasteiger partial charge in [-0.1, -0.05) is 0 Å². The maximum absolute atomic E-state index is 13.9. The van der Waals surface area contributed by atoms with Gasteiger partial charge < -0.3 is 15.5 Å². The lowest BCUT2D eigenvalue weighted by atomic mass is 9.92. The molecule has 1 aromatic heterocycles. The number of benzene rings is 1. The van der Waals surface area contributed by atoms with Gasteiger partial charge in [0.25, 0.3) is 0 Å². The van der Waals surface area contributed by atoms with E-state index in [1.165, 1.54) is 7.11 Å². The molecule has 0 saturated carbocycles. The number of aromatic amines is 1. The number of methoxy groups -OCH3 is 1. The number of H-pyrrole nitrogens is 1. The third kappa shape index (κ3) is 2.22. The Morgan fingerprint density at radius 3 is 2.67 bits per heavy atom. The van der Waals surface area contributed by atoms with Gasteiger partial charge in [0.05, 0.1) is 7.11 Å². The van der Waals surface area contributed by atoms with Crippen LogP contribution in [0.5, 0.6) is 5.75 Å². The molecule has 0 aliphatic rings. The summed E-state index contributed by atoms with van der Waals surface area (Å²) in [5.41, 5.74) is 6.70. The van der Waals surface area contributed by atoms with Crippen LogP contribution in [0.15, 0.2) is 30.6 Å². The molecular formula is C13H14F2N2O. The van der Waals surface area contributed by atoms with E-state index in [1.807, 2.05) is 0 Å². The molecule has 3 N–H and O–H groups in total. The van der Waals surface area contributed by atoms with E-state index in [2.05, 4.69) is 4.98 Å². The van der Waals surface area contributed by atoms with Crippen molar-refractivity contribution >= 4 is 0 Å². The van der Waals surface area contributed by atoms with Crippen LogP contribution in [0.25, 0.3) is 0 Å². The number of halogens is 2. The second-order valence-electron chi connectivity index (χ2n) is 3.94. The highest BCUT2D eigenvalue weighted by Crippen LogP contribution is 2.30. The number of aromatic nitrogens is 1. The van der Waals surface area contributed by atoms with E-state index in [1.54, 1.807) is 18.5 Å². The van der Waals surface area contributed by atoms with Gasteiger partial charge in [0.1, 0.15) is 5.82 Å². The van der Waals surface area contributed by atoms with Crippen molar-refractivity contribution in [3.63, 3.8) is 0 Å². The zero-order valence-corrected chi connectivity index (χ0v) is 9.91. The standard InChI is InChI=1S/C13H14F2N2O/c1-18-13-5-11(14)9(4-12(13)15)10(6-16)8-2-3-17-7-8/h2-5,7,10,17H,6,16H2,1H3. The molecule has 0 amide bonds. The molecule has 18 heavy (non-hydrogen) atoms. The van der Waals surface area contributed by atoms with Crippen LogP contribution in [0.1, 0.15) is 17.0 Å². The Balaban J connectivity index is 2.46. The molecule has 2 aromatic rings. The molecule has 1 heterocycles. The Morgan fingerprint density at radius 2 is 2.11 bits per heavy atom. The van der Waals surface area contributed by atoms with Gasteiger partial charge in [-0.3, -0.25) is 0 Å². The highest BCUT2D eigenvalue weighted by atomic mass is 19.1. The third-order valence-electron chi connectivity index (χ3n) is 2.91. The molecule has 5 heteroatoms. The smallest absolute Gasteiger partial charge is 0.165 e. The van der Waals surface area contributed by atoms with Crippen LogP contribution < -0.4 is 10.5 Å². The predicted molar refractivity (Wildman–Crippen MR) is 64.6 cm³/mol. The van der Waals surface area contributed by atoms with Gasteiger partial charge in [0, 0.05) is 30.9 Å². The fourth-order valence-electron chi connectivity index (χ4n) is 1.96. The van der Waals surface area contributed by atoms with Gasteiger partial charge in [0.2, 0.25) is 0 Å². The maximum Gasteiger partial charge on any atom is 0.165 e. The van der Waals surface area contributed by atoms with E-state index >= 15 is 0 Å². The molecule has 0 spiro atoms. The summed E-state index contributed by atoms with van der Waals surface area (Å²) in [6.45, 7) is 0.195. The summed E-state index contributed by atoms with van der Waals surface area (Å²) >= 11 is 0. The molecule has 0 fully saturated rings. The average molecular weight is 252 g/mol. The number of ether oxygens (including phenoxy) is 1. The van der Waals surface area contributed by atoms with Gasteiger partial charge >= 0.3 is 0 Å². The summed E-state index contributed by atoms with van der Waals surface area (Å²) in [5, 5.41) is 0. The Morgan fingerprint density at radius 1 is 1.33 bits per heavy atom. The first-order valence-corrected chi connectivity index (χ1v) is 5.53. The number of nitrogens with one attached hydrogen (secondary N) is 1. The minimum absolute atomic E-state index is 0.110. The quantitative estimate of drug-likeness (QED) is 0.877. The van der Waals surface area contributed by atoms with Crippen molar-refractivity contribution < 1.29 is 13.5 Å². The molecule has 2 rings (SSSR count). The van der Waals surface area contributed by atoms with Gasteiger partial charge in [-0.05, 0) is 23.3 Å². The van der Waals surface area contributed by atoms with E-state index in [0.717, 1.165) is 17.7 Å². The molecule has 1 unspecified atom stereocenters. The molecule has 0 bridgehead atoms. The fourth-order valence-corrected chi connectivity index (χ4v) is 1.96. The summed E-state index contributed by atoms with van der Waals surface area (Å²) in [6, 6.07) is 3.97.